The predicted molar refractivity (Wildman–Crippen MR) is 60.2 cm³/mol. The van der Waals surface area contributed by atoms with Crippen LogP contribution < -0.4 is 0 Å². The summed E-state index contributed by atoms with van der Waals surface area (Å²) in [7, 11) is 1.57. The minimum absolute atomic E-state index is 0.110. The van der Waals surface area contributed by atoms with Gasteiger partial charge in [0.15, 0.2) is 0 Å². The van der Waals surface area contributed by atoms with Gasteiger partial charge in [-0.05, 0) is 32.1 Å². The smallest absolute Gasteiger partial charge is 0.248 e. The summed E-state index contributed by atoms with van der Waals surface area (Å²) in [5.74, 6) is 0.110. The third-order valence-corrected chi connectivity index (χ3v) is 3.53. The average Bonchev–Trinajstić information content (AvgIpc) is 2.79. The second kappa shape index (κ2) is 5.64. The predicted octanol–water partition coefficient (Wildman–Crippen LogP) is 1.19. The molecule has 2 unspecified atom stereocenters. The van der Waals surface area contributed by atoms with Crippen LogP contribution in [0.3, 0.4) is 0 Å². The SMILES string of the molecule is COCC(=O)N1CCCC1C1CCCCO1. The minimum atomic E-state index is 0.110. The molecule has 16 heavy (non-hydrogen) atoms. The second-order valence-electron chi connectivity index (χ2n) is 4.63. The van der Waals surface area contributed by atoms with E-state index in [1.165, 1.54) is 6.42 Å². The highest BCUT2D eigenvalue weighted by molar-refractivity contribution is 5.78. The van der Waals surface area contributed by atoms with Gasteiger partial charge in [-0.25, -0.2) is 0 Å². The van der Waals surface area contributed by atoms with E-state index in [9.17, 15) is 4.79 Å². The fraction of sp³-hybridized carbons (Fsp3) is 0.917. The normalized spacial score (nSPS) is 30.7. The Morgan fingerprint density at radius 2 is 2.25 bits per heavy atom. The first-order chi connectivity index (χ1) is 7.83. The molecular formula is C12H21NO3. The van der Waals surface area contributed by atoms with Crippen LogP contribution in [0, 0.1) is 0 Å². The second-order valence-corrected chi connectivity index (χ2v) is 4.63. The van der Waals surface area contributed by atoms with Crippen LogP contribution in [0.5, 0.6) is 0 Å². The highest BCUT2D eigenvalue weighted by Crippen LogP contribution is 2.27. The molecule has 0 aromatic carbocycles. The Labute approximate surface area is 96.9 Å². The Morgan fingerprint density at radius 1 is 1.38 bits per heavy atom. The summed E-state index contributed by atoms with van der Waals surface area (Å²) in [6.45, 7) is 1.92. The van der Waals surface area contributed by atoms with E-state index in [1.807, 2.05) is 4.90 Å². The summed E-state index contributed by atoms with van der Waals surface area (Å²) >= 11 is 0. The Kier molecular flexibility index (Phi) is 4.18. The van der Waals surface area contributed by atoms with Crippen molar-refractivity contribution >= 4 is 5.91 Å². The van der Waals surface area contributed by atoms with Crippen LogP contribution >= 0.6 is 0 Å². The lowest BCUT2D eigenvalue weighted by atomic mass is 10.00. The molecule has 2 aliphatic rings. The molecule has 0 spiro atoms. The number of carbonyl (C=O) groups excluding carboxylic acids is 1. The summed E-state index contributed by atoms with van der Waals surface area (Å²) in [4.78, 5) is 13.8. The third kappa shape index (κ3) is 2.55. The maximum atomic E-state index is 11.8. The van der Waals surface area contributed by atoms with E-state index in [-0.39, 0.29) is 18.6 Å². The molecule has 0 radical (unpaired) electrons. The summed E-state index contributed by atoms with van der Waals surface area (Å²) in [6, 6.07) is 0.294. The van der Waals surface area contributed by atoms with Gasteiger partial charge in [-0.2, -0.15) is 0 Å². The molecule has 4 nitrogen and oxygen atoms in total. The molecule has 2 atom stereocenters. The first-order valence-electron chi connectivity index (χ1n) is 6.23. The van der Waals surface area contributed by atoms with Gasteiger partial charge in [0.2, 0.25) is 5.91 Å². The van der Waals surface area contributed by atoms with Crippen molar-refractivity contribution in [1.29, 1.82) is 0 Å². The molecule has 2 fully saturated rings. The zero-order valence-electron chi connectivity index (χ0n) is 9.98. The number of nitrogens with zero attached hydrogens (tertiary/aromatic N) is 1. The van der Waals surface area contributed by atoms with E-state index in [4.69, 9.17) is 9.47 Å². The molecule has 0 aromatic heterocycles. The zero-order chi connectivity index (χ0) is 11.4. The molecule has 2 saturated heterocycles. The number of carbonyl (C=O) groups is 1. The maximum absolute atomic E-state index is 11.8. The van der Waals surface area contributed by atoms with E-state index >= 15 is 0 Å². The first kappa shape index (κ1) is 11.9. The van der Waals surface area contributed by atoms with Gasteiger partial charge < -0.3 is 14.4 Å². The number of amides is 1. The van der Waals surface area contributed by atoms with Crippen molar-refractivity contribution in [3.8, 4) is 0 Å². The van der Waals surface area contributed by atoms with Crippen molar-refractivity contribution in [2.75, 3.05) is 26.9 Å². The van der Waals surface area contributed by atoms with E-state index < -0.39 is 0 Å². The molecular weight excluding hydrogens is 206 g/mol. The van der Waals surface area contributed by atoms with Crippen molar-refractivity contribution in [1.82, 2.24) is 4.90 Å². The number of likely N-dealkylation sites (tertiary alicyclic amines) is 1. The minimum Gasteiger partial charge on any atom is -0.376 e. The Hall–Kier alpha value is -0.610. The average molecular weight is 227 g/mol. The topological polar surface area (TPSA) is 38.8 Å². The van der Waals surface area contributed by atoms with Crippen LogP contribution in [-0.2, 0) is 14.3 Å². The lowest BCUT2D eigenvalue weighted by molar-refractivity contribution is -0.140. The van der Waals surface area contributed by atoms with Gasteiger partial charge in [-0.3, -0.25) is 4.79 Å². The van der Waals surface area contributed by atoms with Crippen LogP contribution in [-0.4, -0.2) is 49.8 Å². The van der Waals surface area contributed by atoms with Gasteiger partial charge in [0.1, 0.15) is 6.61 Å². The molecule has 4 heteroatoms. The van der Waals surface area contributed by atoms with Crippen molar-refractivity contribution in [3.05, 3.63) is 0 Å². The van der Waals surface area contributed by atoms with E-state index in [0.717, 1.165) is 38.8 Å². The molecule has 2 heterocycles. The molecule has 0 aliphatic carbocycles. The summed E-state index contributed by atoms with van der Waals surface area (Å²) in [5, 5.41) is 0. The quantitative estimate of drug-likeness (QED) is 0.727. The van der Waals surface area contributed by atoms with Crippen molar-refractivity contribution in [2.24, 2.45) is 0 Å². The summed E-state index contributed by atoms with van der Waals surface area (Å²) in [6.07, 6.45) is 5.93. The van der Waals surface area contributed by atoms with Gasteiger partial charge in [0, 0.05) is 20.3 Å². The van der Waals surface area contributed by atoms with Crippen LogP contribution in [0.2, 0.25) is 0 Å². The van der Waals surface area contributed by atoms with Crippen LogP contribution in [0.25, 0.3) is 0 Å². The van der Waals surface area contributed by atoms with Gasteiger partial charge in [-0.15, -0.1) is 0 Å². The fourth-order valence-corrected chi connectivity index (χ4v) is 2.76. The van der Waals surface area contributed by atoms with Crippen LogP contribution in [0.1, 0.15) is 32.1 Å². The van der Waals surface area contributed by atoms with Gasteiger partial charge >= 0.3 is 0 Å². The van der Waals surface area contributed by atoms with Gasteiger partial charge in [0.25, 0.3) is 0 Å². The number of hydrogen-bond acceptors (Lipinski definition) is 3. The number of rotatable bonds is 3. The largest absolute Gasteiger partial charge is 0.376 e. The molecule has 2 aliphatic heterocycles. The monoisotopic (exact) mass is 227 g/mol. The van der Waals surface area contributed by atoms with Gasteiger partial charge in [0.05, 0.1) is 12.1 Å². The Morgan fingerprint density at radius 3 is 2.94 bits per heavy atom. The summed E-state index contributed by atoms with van der Waals surface area (Å²) < 4.78 is 10.7. The Balaban J connectivity index is 1.93. The first-order valence-corrected chi connectivity index (χ1v) is 6.23. The highest BCUT2D eigenvalue weighted by atomic mass is 16.5. The van der Waals surface area contributed by atoms with Crippen molar-refractivity contribution < 1.29 is 14.3 Å². The molecule has 0 N–H and O–H groups in total. The van der Waals surface area contributed by atoms with Crippen LogP contribution in [0.4, 0.5) is 0 Å². The molecule has 0 bridgehead atoms. The number of hydrogen-bond donors (Lipinski definition) is 0. The highest BCUT2D eigenvalue weighted by Gasteiger charge is 2.35. The van der Waals surface area contributed by atoms with Crippen molar-refractivity contribution in [2.45, 2.75) is 44.2 Å². The fourth-order valence-electron chi connectivity index (χ4n) is 2.76. The maximum Gasteiger partial charge on any atom is 0.248 e. The van der Waals surface area contributed by atoms with Crippen molar-refractivity contribution in [3.63, 3.8) is 0 Å². The van der Waals surface area contributed by atoms with E-state index in [2.05, 4.69) is 0 Å². The molecule has 92 valence electrons. The molecule has 2 rings (SSSR count). The van der Waals surface area contributed by atoms with Crippen LogP contribution in [0.15, 0.2) is 0 Å². The number of ether oxygens (including phenoxy) is 2. The Bertz CT molecular complexity index is 238. The zero-order valence-corrected chi connectivity index (χ0v) is 9.98. The lowest BCUT2D eigenvalue weighted by Crippen LogP contribution is -2.46. The molecule has 0 saturated carbocycles. The standard InChI is InChI=1S/C12H21NO3/c1-15-9-12(14)13-7-4-5-10(13)11-6-2-3-8-16-11/h10-11H,2-9H2,1H3. The van der Waals surface area contributed by atoms with E-state index in [1.54, 1.807) is 7.11 Å². The van der Waals surface area contributed by atoms with E-state index in [0.29, 0.717) is 6.04 Å². The molecule has 0 aromatic rings. The lowest BCUT2D eigenvalue weighted by Gasteiger charge is -2.33. The third-order valence-electron chi connectivity index (χ3n) is 3.53. The summed E-state index contributed by atoms with van der Waals surface area (Å²) in [5.41, 5.74) is 0. The van der Waals surface area contributed by atoms with Gasteiger partial charge in [-0.1, -0.05) is 0 Å². The number of methoxy groups -OCH3 is 1. The molecule has 1 amide bonds.